The Kier molecular flexibility index (Phi) is 5.28. The molecule has 124 valence electrons. The molecule has 1 aliphatic rings. The molecule has 0 aliphatic heterocycles. The van der Waals surface area contributed by atoms with E-state index in [9.17, 15) is 4.79 Å². The molecule has 1 N–H and O–H groups in total. The molecule has 23 heavy (non-hydrogen) atoms. The highest BCUT2D eigenvalue weighted by atomic mass is 16.5. The Morgan fingerprint density at radius 3 is 3.00 bits per heavy atom. The van der Waals surface area contributed by atoms with Gasteiger partial charge in [0.25, 0.3) is 0 Å². The third kappa shape index (κ3) is 3.91. The normalized spacial score (nSPS) is 15.9. The van der Waals surface area contributed by atoms with E-state index in [0.717, 1.165) is 36.0 Å². The lowest BCUT2D eigenvalue weighted by Gasteiger charge is -2.22. The van der Waals surface area contributed by atoms with E-state index in [1.807, 2.05) is 18.3 Å². The van der Waals surface area contributed by atoms with Gasteiger partial charge >= 0.3 is 0 Å². The van der Waals surface area contributed by atoms with Gasteiger partial charge in [0.15, 0.2) is 0 Å². The first-order chi connectivity index (χ1) is 11.3. The zero-order valence-electron chi connectivity index (χ0n) is 13.8. The van der Waals surface area contributed by atoms with Crippen molar-refractivity contribution in [2.24, 2.45) is 0 Å². The molecule has 5 nitrogen and oxygen atoms in total. The second-order valence-electron chi connectivity index (χ2n) is 6.29. The fraction of sp³-hybridized carbons (Fsp3) is 0.556. The highest BCUT2D eigenvalue weighted by Crippen LogP contribution is 2.21. The number of hydrogen-bond donors (Lipinski definition) is 1. The number of amides is 1. The number of fused-ring (bicyclic) bond motifs is 1. The van der Waals surface area contributed by atoms with Crippen molar-refractivity contribution in [1.29, 1.82) is 0 Å². The fourth-order valence-electron chi connectivity index (χ4n) is 3.39. The number of pyridine rings is 1. The van der Waals surface area contributed by atoms with E-state index in [2.05, 4.69) is 14.9 Å². The summed E-state index contributed by atoms with van der Waals surface area (Å²) in [6, 6.07) is 4.32. The number of carbonyl (C=O) groups excluding carboxylic acids is 1. The van der Waals surface area contributed by atoms with E-state index in [1.165, 1.54) is 19.3 Å². The Morgan fingerprint density at radius 1 is 1.39 bits per heavy atom. The molecule has 5 heteroatoms. The molecule has 3 rings (SSSR count). The van der Waals surface area contributed by atoms with Crippen molar-refractivity contribution >= 4 is 16.9 Å². The molecule has 0 aromatic carbocycles. The first-order valence-corrected chi connectivity index (χ1v) is 8.49. The Labute approximate surface area is 137 Å². The number of carbonyl (C=O) groups is 1. The molecule has 0 atom stereocenters. The summed E-state index contributed by atoms with van der Waals surface area (Å²) in [5.41, 5.74) is 1.96. The molecule has 2 heterocycles. The van der Waals surface area contributed by atoms with Gasteiger partial charge < -0.3 is 14.6 Å². The van der Waals surface area contributed by atoms with Crippen LogP contribution < -0.4 is 5.32 Å². The third-order valence-electron chi connectivity index (χ3n) is 4.57. The number of hydrogen-bond acceptors (Lipinski definition) is 3. The summed E-state index contributed by atoms with van der Waals surface area (Å²) in [5.74, 6) is 0.117. The van der Waals surface area contributed by atoms with Gasteiger partial charge in [-0.2, -0.15) is 0 Å². The Bertz CT molecular complexity index is 659. The van der Waals surface area contributed by atoms with Crippen molar-refractivity contribution in [3.63, 3.8) is 0 Å². The zero-order valence-corrected chi connectivity index (χ0v) is 13.8. The van der Waals surface area contributed by atoms with Crippen LogP contribution >= 0.6 is 0 Å². The van der Waals surface area contributed by atoms with E-state index in [4.69, 9.17) is 4.74 Å². The maximum atomic E-state index is 12.4. The van der Waals surface area contributed by atoms with E-state index < -0.39 is 0 Å². The Morgan fingerprint density at radius 2 is 2.22 bits per heavy atom. The average Bonchev–Trinajstić information content (AvgIpc) is 2.92. The van der Waals surface area contributed by atoms with Crippen molar-refractivity contribution in [1.82, 2.24) is 14.9 Å². The lowest BCUT2D eigenvalue weighted by molar-refractivity contribution is -0.121. The molecule has 0 unspecified atom stereocenters. The van der Waals surface area contributed by atoms with Gasteiger partial charge in [-0.15, -0.1) is 0 Å². The molecular formula is C18H25N3O2. The van der Waals surface area contributed by atoms with Crippen LogP contribution in [-0.2, 0) is 22.5 Å². The number of nitrogens with zero attached hydrogens (tertiary/aromatic N) is 2. The highest BCUT2D eigenvalue weighted by molar-refractivity contribution is 5.87. The summed E-state index contributed by atoms with van der Waals surface area (Å²) in [7, 11) is 1.69. The molecular weight excluding hydrogens is 290 g/mol. The number of methoxy groups -OCH3 is 1. The molecule has 1 amide bonds. The maximum absolute atomic E-state index is 12.4. The Balaban J connectivity index is 1.72. The van der Waals surface area contributed by atoms with Gasteiger partial charge in [0, 0.05) is 37.5 Å². The molecule has 0 bridgehead atoms. The number of nitrogens with one attached hydrogen (secondary N) is 1. The standard InChI is InChI=1S/C18H25N3O2/c1-23-11-10-21-13-14(16-8-5-9-19-18(16)21)12-17(22)20-15-6-3-2-4-7-15/h5,8-9,13,15H,2-4,6-7,10-12H2,1H3,(H,20,22). The lowest BCUT2D eigenvalue weighted by atomic mass is 9.95. The van der Waals surface area contributed by atoms with Crippen LogP contribution in [0.4, 0.5) is 0 Å². The molecule has 0 saturated heterocycles. The minimum atomic E-state index is 0.117. The summed E-state index contributed by atoms with van der Waals surface area (Å²) in [6.45, 7) is 1.38. The van der Waals surface area contributed by atoms with E-state index in [1.54, 1.807) is 13.3 Å². The first kappa shape index (κ1) is 16.0. The molecule has 2 aromatic rings. The quantitative estimate of drug-likeness (QED) is 0.891. The van der Waals surface area contributed by atoms with Crippen molar-refractivity contribution in [3.05, 3.63) is 30.1 Å². The van der Waals surface area contributed by atoms with Gasteiger partial charge in [0.1, 0.15) is 5.65 Å². The topological polar surface area (TPSA) is 56.1 Å². The molecule has 0 radical (unpaired) electrons. The van der Waals surface area contributed by atoms with Crippen LogP contribution in [0.3, 0.4) is 0 Å². The minimum Gasteiger partial charge on any atom is -0.383 e. The third-order valence-corrected chi connectivity index (χ3v) is 4.57. The molecule has 1 saturated carbocycles. The monoisotopic (exact) mass is 315 g/mol. The van der Waals surface area contributed by atoms with Crippen LogP contribution in [-0.4, -0.2) is 35.2 Å². The second kappa shape index (κ2) is 7.59. The summed E-state index contributed by atoms with van der Waals surface area (Å²) in [6.07, 6.45) is 10.2. The second-order valence-corrected chi connectivity index (χ2v) is 6.29. The minimum absolute atomic E-state index is 0.117. The van der Waals surface area contributed by atoms with Crippen LogP contribution in [0.15, 0.2) is 24.5 Å². The van der Waals surface area contributed by atoms with Crippen LogP contribution in [0.25, 0.3) is 11.0 Å². The zero-order chi connectivity index (χ0) is 16.1. The van der Waals surface area contributed by atoms with Crippen molar-refractivity contribution in [2.75, 3.05) is 13.7 Å². The Hall–Kier alpha value is -1.88. The van der Waals surface area contributed by atoms with Crippen LogP contribution in [0, 0.1) is 0 Å². The summed E-state index contributed by atoms with van der Waals surface area (Å²) < 4.78 is 7.23. The smallest absolute Gasteiger partial charge is 0.224 e. The van der Waals surface area contributed by atoms with Gasteiger partial charge in [-0.05, 0) is 30.5 Å². The highest BCUT2D eigenvalue weighted by Gasteiger charge is 2.17. The van der Waals surface area contributed by atoms with Gasteiger partial charge in [-0.3, -0.25) is 4.79 Å². The van der Waals surface area contributed by atoms with Gasteiger partial charge in [0.2, 0.25) is 5.91 Å². The van der Waals surface area contributed by atoms with Crippen LogP contribution in [0.1, 0.15) is 37.7 Å². The average molecular weight is 315 g/mol. The van der Waals surface area contributed by atoms with Gasteiger partial charge in [-0.25, -0.2) is 4.98 Å². The molecule has 0 spiro atoms. The van der Waals surface area contributed by atoms with Crippen molar-refractivity contribution in [3.8, 4) is 0 Å². The number of aromatic nitrogens is 2. The predicted molar refractivity (Wildman–Crippen MR) is 90.3 cm³/mol. The maximum Gasteiger partial charge on any atom is 0.224 e. The first-order valence-electron chi connectivity index (χ1n) is 8.49. The molecule has 2 aromatic heterocycles. The summed E-state index contributed by atoms with van der Waals surface area (Å²) in [5, 5.41) is 4.25. The van der Waals surface area contributed by atoms with E-state index >= 15 is 0 Å². The van der Waals surface area contributed by atoms with Crippen LogP contribution in [0.2, 0.25) is 0 Å². The number of ether oxygens (including phenoxy) is 1. The lowest BCUT2D eigenvalue weighted by Crippen LogP contribution is -2.37. The largest absolute Gasteiger partial charge is 0.383 e. The van der Waals surface area contributed by atoms with Crippen molar-refractivity contribution in [2.45, 2.75) is 51.1 Å². The van der Waals surface area contributed by atoms with E-state index in [-0.39, 0.29) is 5.91 Å². The van der Waals surface area contributed by atoms with Crippen LogP contribution in [0.5, 0.6) is 0 Å². The van der Waals surface area contributed by atoms with Gasteiger partial charge in [-0.1, -0.05) is 19.3 Å². The predicted octanol–water partition coefficient (Wildman–Crippen LogP) is 2.67. The number of rotatable bonds is 6. The SMILES string of the molecule is COCCn1cc(CC(=O)NC2CCCCC2)c2cccnc21. The molecule has 1 fully saturated rings. The molecule has 1 aliphatic carbocycles. The summed E-state index contributed by atoms with van der Waals surface area (Å²) >= 11 is 0. The van der Waals surface area contributed by atoms with Crippen molar-refractivity contribution < 1.29 is 9.53 Å². The summed E-state index contributed by atoms with van der Waals surface area (Å²) in [4.78, 5) is 16.8. The van der Waals surface area contributed by atoms with E-state index in [0.29, 0.717) is 19.1 Å². The van der Waals surface area contributed by atoms with Gasteiger partial charge in [0.05, 0.1) is 13.0 Å². The fourth-order valence-corrected chi connectivity index (χ4v) is 3.39.